The molecule has 4 heteroatoms. The number of oxime groups is 1. The van der Waals surface area contributed by atoms with Gasteiger partial charge >= 0.3 is 0 Å². The van der Waals surface area contributed by atoms with Crippen LogP contribution < -0.4 is 0 Å². The molecule has 15 heavy (non-hydrogen) atoms. The second kappa shape index (κ2) is 3.96. The van der Waals surface area contributed by atoms with Gasteiger partial charge in [0, 0.05) is 5.56 Å². The molecule has 1 aromatic carbocycles. The molecule has 0 spiro atoms. The van der Waals surface area contributed by atoms with Gasteiger partial charge in [0.15, 0.2) is 0 Å². The van der Waals surface area contributed by atoms with Crippen LogP contribution in [0.1, 0.15) is 5.76 Å². The minimum atomic E-state index is -0.289. The summed E-state index contributed by atoms with van der Waals surface area (Å²) in [4.78, 5) is 0. The third-order valence-corrected chi connectivity index (χ3v) is 1.94. The van der Waals surface area contributed by atoms with Crippen LogP contribution in [0.2, 0.25) is 0 Å². The summed E-state index contributed by atoms with van der Waals surface area (Å²) in [6.45, 7) is 0. The van der Waals surface area contributed by atoms with Crippen molar-refractivity contribution in [3.05, 3.63) is 48.0 Å². The normalized spacial score (nSPS) is 11.0. The fourth-order valence-corrected chi connectivity index (χ4v) is 1.25. The van der Waals surface area contributed by atoms with E-state index in [1.54, 1.807) is 24.3 Å². The van der Waals surface area contributed by atoms with E-state index in [1.807, 2.05) is 0 Å². The number of furan rings is 1. The van der Waals surface area contributed by atoms with Gasteiger partial charge in [-0.15, -0.1) is 0 Å². The number of halogens is 1. The average molecular weight is 205 g/mol. The lowest BCUT2D eigenvalue weighted by atomic mass is 10.2. The van der Waals surface area contributed by atoms with Crippen molar-refractivity contribution in [3.63, 3.8) is 0 Å². The SMILES string of the molecule is O/N=C\c1ccc(-c2ccc(F)cc2)o1. The molecule has 0 atom stereocenters. The molecule has 2 rings (SSSR count). The van der Waals surface area contributed by atoms with Crippen LogP contribution in [0.25, 0.3) is 11.3 Å². The van der Waals surface area contributed by atoms with E-state index in [4.69, 9.17) is 9.62 Å². The Morgan fingerprint density at radius 3 is 2.53 bits per heavy atom. The van der Waals surface area contributed by atoms with Crippen molar-refractivity contribution in [3.8, 4) is 11.3 Å². The van der Waals surface area contributed by atoms with E-state index in [9.17, 15) is 4.39 Å². The molecular weight excluding hydrogens is 197 g/mol. The standard InChI is InChI=1S/C11H8FNO2/c12-9-3-1-8(2-4-9)11-6-5-10(15-11)7-13-14/h1-7,14H/b13-7-. The maximum atomic E-state index is 12.6. The Labute approximate surface area is 85.5 Å². The van der Waals surface area contributed by atoms with E-state index < -0.39 is 0 Å². The topological polar surface area (TPSA) is 45.7 Å². The smallest absolute Gasteiger partial charge is 0.149 e. The van der Waals surface area contributed by atoms with Gasteiger partial charge in [0.1, 0.15) is 23.6 Å². The molecule has 0 fully saturated rings. The van der Waals surface area contributed by atoms with Crippen LogP contribution in [0.4, 0.5) is 4.39 Å². The maximum Gasteiger partial charge on any atom is 0.149 e. The highest BCUT2D eigenvalue weighted by Crippen LogP contribution is 2.21. The zero-order valence-corrected chi connectivity index (χ0v) is 7.72. The molecule has 2 aromatic rings. The molecule has 0 aliphatic carbocycles. The fourth-order valence-electron chi connectivity index (χ4n) is 1.25. The maximum absolute atomic E-state index is 12.6. The van der Waals surface area contributed by atoms with Crippen molar-refractivity contribution in [2.45, 2.75) is 0 Å². The summed E-state index contributed by atoms with van der Waals surface area (Å²) in [5, 5.41) is 11.1. The van der Waals surface area contributed by atoms with E-state index in [2.05, 4.69) is 5.16 Å². The number of hydrogen-bond donors (Lipinski definition) is 1. The minimum absolute atomic E-state index is 0.289. The van der Waals surface area contributed by atoms with Gasteiger partial charge in [0.05, 0.1) is 0 Å². The van der Waals surface area contributed by atoms with Crippen molar-refractivity contribution in [2.24, 2.45) is 5.16 Å². The van der Waals surface area contributed by atoms with Gasteiger partial charge in [-0.3, -0.25) is 0 Å². The molecule has 1 N–H and O–H groups in total. The summed E-state index contributed by atoms with van der Waals surface area (Å²) >= 11 is 0. The molecule has 0 saturated heterocycles. The first-order valence-electron chi connectivity index (χ1n) is 4.33. The summed E-state index contributed by atoms with van der Waals surface area (Å²) < 4.78 is 18.0. The highest BCUT2D eigenvalue weighted by atomic mass is 19.1. The Bertz CT molecular complexity index is 474. The Kier molecular flexibility index (Phi) is 2.49. The predicted octanol–water partition coefficient (Wildman–Crippen LogP) is 2.89. The van der Waals surface area contributed by atoms with Crippen LogP contribution in [0.3, 0.4) is 0 Å². The lowest BCUT2D eigenvalue weighted by Gasteiger charge is -1.95. The van der Waals surface area contributed by atoms with Crippen molar-refractivity contribution >= 4 is 6.21 Å². The van der Waals surface area contributed by atoms with Gasteiger partial charge in [-0.25, -0.2) is 4.39 Å². The molecule has 0 unspecified atom stereocenters. The Hall–Kier alpha value is -2.10. The summed E-state index contributed by atoms with van der Waals surface area (Å²) in [6.07, 6.45) is 1.19. The van der Waals surface area contributed by atoms with E-state index in [0.29, 0.717) is 11.5 Å². The third kappa shape index (κ3) is 2.04. The van der Waals surface area contributed by atoms with Crippen LogP contribution in [0.5, 0.6) is 0 Å². The Morgan fingerprint density at radius 1 is 1.13 bits per heavy atom. The van der Waals surface area contributed by atoms with Crippen LogP contribution in [0.15, 0.2) is 46.0 Å². The minimum Gasteiger partial charge on any atom is -0.455 e. The molecule has 1 heterocycles. The molecule has 0 amide bonds. The fraction of sp³-hybridized carbons (Fsp3) is 0. The van der Waals surface area contributed by atoms with Crippen LogP contribution >= 0.6 is 0 Å². The lowest BCUT2D eigenvalue weighted by Crippen LogP contribution is -1.76. The highest BCUT2D eigenvalue weighted by Gasteiger charge is 2.03. The molecule has 76 valence electrons. The van der Waals surface area contributed by atoms with Crippen LogP contribution in [0, 0.1) is 5.82 Å². The Morgan fingerprint density at radius 2 is 1.87 bits per heavy atom. The monoisotopic (exact) mass is 205 g/mol. The van der Waals surface area contributed by atoms with Gasteiger partial charge < -0.3 is 9.62 Å². The first-order chi connectivity index (χ1) is 7.29. The third-order valence-electron chi connectivity index (χ3n) is 1.94. The summed E-state index contributed by atoms with van der Waals surface area (Å²) in [6, 6.07) is 9.35. The first kappa shape index (κ1) is 9.45. The number of hydrogen-bond acceptors (Lipinski definition) is 3. The van der Waals surface area contributed by atoms with Crippen LogP contribution in [-0.2, 0) is 0 Å². The molecule has 1 aromatic heterocycles. The first-order valence-corrected chi connectivity index (χ1v) is 4.33. The largest absolute Gasteiger partial charge is 0.455 e. The predicted molar refractivity (Wildman–Crippen MR) is 53.5 cm³/mol. The van der Waals surface area contributed by atoms with Gasteiger partial charge in [0.25, 0.3) is 0 Å². The van der Waals surface area contributed by atoms with E-state index in [-0.39, 0.29) is 5.82 Å². The molecule has 0 radical (unpaired) electrons. The van der Waals surface area contributed by atoms with Crippen molar-refractivity contribution in [1.29, 1.82) is 0 Å². The second-order valence-corrected chi connectivity index (χ2v) is 2.95. The van der Waals surface area contributed by atoms with Crippen molar-refractivity contribution in [1.82, 2.24) is 0 Å². The van der Waals surface area contributed by atoms with E-state index in [1.165, 1.54) is 18.3 Å². The highest BCUT2D eigenvalue weighted by molar-refractivity contribution is 5.76. The van der Waals surface area contributed by atoms with E-state index in [0.717, 1.165) is 5.56 Å². The van der Waals surface area contributed by atoms with Crippen molar-refractivity contribution in [2.75, 3.05) is 0 Å². The molecular formula is C11H8FNO2. The van der Waals surface area contributed by atoms with Gasteiger partial charge in [-0.2, -0.15) is 0 Å². The van der Waals surface area contributed by atoms with Gasteiger partial charge in [0.2, 0.25) is 0 Å². The summed E-state index contributed by atoms with van der Waals surface area (Å²) in [5.41, 5.74) is 0.772. The van der Waals surface area contributed by atoms with Crippen molar-refractivity contribution < 1.29 is 14.0 Å². The summed E-state index contributed by atoms with van der Waals surface area (Å²) in [5.74, 6) is 0.754. The zero-order chi connectivity index (χ0) is 10.7. The molecule has 0 aliphatic rings. The molecule has 0 bridgehead atoms. The molecule has 3 nitrogen and oxygen atoms in total. The van der Waals surface area contributed by atoms with Gasteiger partial charge in [-0.1, -0.05) is 5.16 Å². The molecule has 0 saturated carbocycles. The van der Waals surface area contributed by atoms with E-state index >= 15 is 0 Å². The zero-order valence-electron chi connectivity index (χ0n) is 7.72. The van der Waals surface area contributed by atoms with Crippen LogP contribution in [-0.4, -0.2) is 11.4 Å². The number of benzene rings is 1. The van der Waals surface area contributed by atoms with Gasteiger partial charge in [-0.05, 0) is 36.4 Å². The second-order valence-electron chi connectivity index (χ2n) is 2.95. The number of nitrogens with zero attached hydrogens (tertiary/aromatic N) is 1. The summed E-state index contributed by atoms with van der Waals surface area (Å²) in [7, 11) is 0. The Balaban J connectivity index is 2.33. The number of rotatable bonds is 2. The quantitative estimate of drug-likeness (QED) is 0.465. The average Bonchev–Trinajstić information content (AvgIpc) is 2.68. The lowest BCUT2D eigenvalue weighted by molar-refractivity contribution is 0.321. The molecule has 0 aliphatic heterocycles.